The van der Waals surface area contributed by atoms with Crippen molar-refractivity contribution in [2.24, 2.45) is 0 Å². The van der Waals surface area contributed by atoms with Gasteiger partial charge < -0.3 is 15.3 Å². The monoisotopic (exact) mass is 340 g/mol. The summed E-state index contributed by atoms with van der Waals surface area (Å²) in [7, 11) is 0. The van der Waals surface area contributed by atoms with Crippen LogP contribution in [0.15, 0.2) is 18.2 Å². The van der Waals surface area contributed by atoms with Crippen LogP contribution in [0.25, 0.3) is 0 Å². The molecule has 7 heteroatoms. The fourth-order valence-electron chi connectivity index (χ4n) is 2.70. The Morgan fingerprint density at radius 1 is 1.25 bits per heavy atom. The second kappa shape index (κ2) is 8.73. The number of nitrogens with zero attached hydrogens (tertiary/aromatic N) is 1. The Morgan fingerprint density at radius 3 is 2.75 bits per heavy atom. The maximum Gasteiger partial charge on any atom is 0.239 e. The normalized spacial score (nSPS) is 17.1. The highest BCUT2D eigenvalue weighted by Crippen LogP contribution is 2.17. The molecule has 1 fully saturated rings. The number of carbonyl (C=O) groups excluding carboxylic acids is 2. The van der Waals surface area contributed by atoms with Gasteiger partial charge in [-0.1, -0.05) is 18.9 Å². The highest BCUT2D eigenvalue weighted by molar-refractivity contribution is 5.84. The fraction of sp³-hybridized carbons (Fsp3) is 0.529. The lowest BCUT2D eigenvalue weighted by Gasteiger charge is -2.24. The van der Waals surface area contributed by atoms with E-state index in [-0.39, 0.29) is 24.6 Å². The van der Waals surface area contributed by atoms with E-state index in [1.807, 2.05) is 0 Å². The number of hydrogen-bond acceptors (Lipinski definition) is 3. The summed E-state index contributed by atoms with van der Waals surface area (Å²) in [5.74, 6) is -2.06. The van der Waals surface area contributed by atoms with E-state index in [0.717, 1.165) is 37.8 Å². The molecule has 0 saturated carbocycles. The first-order chi connectivity index (χ1) is 11.5. The van der Waals surface area contributed by atoms with Crippen molar-refractivity contribution in [3.05, 3.63) is 35.4 Å². The van der Waals surface area contributed by atoms with Gasteiger partial charge in [0.25, 0.3) is 0 Å². The average Bonchev–Trinajstić information content (AvgIpc) is 2.52. The van der Waals surface area contributed by atoms with Crippen molar-refractivity contribution in [3.8, 4) is 0 Å². The lowest BCUT2D eigenvalue weighted by Crippen LogP contribution is -2.42. The predicted molar refractivity (Wildman–Crippen MR) is 84.0 cm³/mol. The second-order valence-electron chi connectivity index (χ2n) is 5.97. The number of carbonyl (C=O) groups is 2. The summed E-state index contributed by atoms with van der Waals surface area (Å²) in [5, 5.41) is 12.4. The molecule has 0 aliphatic carbocycles. The number of benzene rings is 1. The van der Waals surface area contributed by atoms with E-state index in [1.165, 1.54) is 4.90 Å². The van der Waals surface area contributed by atoms with Gasteiger partial charge in [-0.05, 0) is 18.9 Å². The van der Waals surface area contributed by atoms with Crippen LogP contribution in [-0.2, 0) is 9.59 Å². The number of rotatable bonds is 5. The highest BCUT2D eigenvalue weighted by atomic mass is 19.1. The van der Waals surface area contributed by atoms with Gasteiger partial charge in [0.2, 0.25) is 11.8 Å². The van der Waals surface area contributed by atoms with E-state index in [0.29, 0.717) is 19.0 Å². The Labute approximate surface area is 139 Å². The number of hydrogen-bond donors (Lipinski definition) is 2. The van der Waals surface area contributed by atoms with Crippen molar-refractivity contribution < 1.29 is 23.5 Å². The smallest absolute Gasteiger partial charge is 0.239 e. The van der Waals surface area contributed by atoms with Crippen LogP contribution >= 0.6 is 0 Å². The number of nitrogens with one attached hydrogen (secondary N) is 1. The SMILES string of the molecule is O=C(CN1CCCCCCC1=O)NC[C@@H](O)c1ccc(F)cc1F. The Morgan fingerprint density at radius 2 is 2.00 bits per heavy atom. The molecular formula is C17H22F2N2O3. The van der Waals surface area contributed by atoms with Crippen molar-refractivity contribution in [2.45, 2.75) is 38.2 Å². The van der Waals surface area contributed by atoms with Crippen LogP contribution in [0, 0.1) is 11.6 Å². The van der Waals surface area contributed by atoms with Crippen LogP contribution < -0.4 is 5.32 Å². The zero-order valence-electron chi connectivity index (χ0n) is 13.4. The zero-order valence-corrected chi connectivity index (χ0v) is 13.4. The van der Waals surface area contributed by atoms with Crippen LogP contribution in [0.2, 0.25) is 0 Å². The largest absolute Gasteiger partial charge is 0.386 e. The van der Waals surface area contributed by atoms with Crippen LogP contribution in [0.4, 0.5) is 8.78 Å². The topological polar surface area (TPSA) is 69.6 Å². The van der Waals surface area contributed by atoms with Gasteiger partial charge in [-0.15, -0.1) is 0 Å². The number of likely N-dealkylation sites (tertiary alicyclic amines) is 1. The van der Waals surface area contributed by atoms with Gasteiger partial charge in [0.1, 0.15) is 11.6 Å². The van der Waals surface area contributed by atoms with Gasteiger partial charge in [-0.2, -0.15) is 0 Å². The van der Waals surface area contributed by atoms with Gasteiger partial charge >= 0.3 is 0 Å². The van der Waals surface area contributed by atoms with Gasteiger partial charge in [-0.3, -0.25) is 9.59 Å². The molecule has 1 atom stereocenters. The minimum absolute atomic E-state index is 0.0463. The quantitative estimate of drug-likeness (QED) is 0.860. The molecular weight excluding hydrogens is 318 g/mol. The zero-order chi connectivity index (χ0) is 17.5. The molecule has 2 rings (SSSR count). The molecule has 1 aliphatic rings. The third-order valence-electron chi connectivity index (χ3n) is 4.07. The molecule has 1 saturated heterocycles. The summed E-state index contributed by atoms with van der Waals surface area (Å²) in [6, 6.07) is 2.87. The molecule has 132 valence electrons. The van der Waals surface area contributed by atoms with Gasteiger partial charge in [-0.25, -0.2) is 8.78 Å². The third-order valence-corrected chi connectivity index (χ3v) is 4.07. The van der Waals surface area contributed by atoms with Crippen molar-refractivity contribution in [1.82, 2.24) is 10.2 Å². The minimum atomic E-state index is -1.28. The summed E-state index contributed by atoms with van der Waals surface area (Å²) in [6.07, 6.45) is 2.92. The highest BCUT2D eigenvalue weighted by Gasteiger charge is 2.19. The van der Waals surface area contributed by atoms with Crippen LogP contribution in [0.1, 0.15) is 43.8 Å². The standard InChI is InChI=1S/C17H22F2N2O3/c18-12-6-7-13(14(19)9-12)15(22)10-20-16(23)11-21-8-4-2-1-3-5-17(21)24/h6-7,9,15,22H,1-5,8,10-11H2,(H,20,23)/t15-/m1/s1. The third kappa shape index (κ3) is 5.26. The molecule has 0 bridgehead atoms. The molecule has 24 heavy (non-hydrogen) atoms. The first-order valence-corrected chi connectivity index (χ1v) is 8.15. The number of halogens is 2. The van der Waals surface area contributed by atoms with Crippen LogP contribution in [-0.4, -0.2) is 41.5 Å². The first-order valence-electron chi connectivity index (χ1n) is 8.15. The van der Waals surface area contributed by atoms with Crippen molar-refractivity contribution >= 4 is 11.8 Å². The van der Waals surface area contributed by atoms with E-state index in [2.05, 4.69) is 5.32 Å². The number of aliphatic hydroxyl groups excluding tert-OH is 1. The molecule has 2 amide bonds. The summed E-state index contributed by atoms with van der Waals surface area (Å²) >= 11 is 0. The molecule has 0 unspecified atom stereocenters. The Balaban J connectivity index is 1.84. The fourth-order valence-corrected chi connectivity index (χ4v) is 2.70. The lowest BCUT2D eigenvalue weighted by molar-refractivity contribution is -0.136. The molecule has 1 aromatic carbocycles. The Bertz CT molecular complexity index is 595. The molecule has 1 aromatic rings. The first kappa shape index (κ1) is 18.3. The van der Waals surface area contributed by atoms with Crippen molar-refractivity contribution in [1.29, 1.82) is 0 Å². The maximum absolute atomic E-state index is 13.6. The second-order valence-corrected chi connectivity index (χ2v) is 5.97. The average molecular weight is 340 g/mol. The Kier molecular flexibility index (Phi) is 6.66. The minimum Gasteiger partial charge on any atom is -0.386 e. The summed E-state index contributed by atoms with van der Waals surface area (Å²) in [4.78, 5) is 25.4. The van der Waals surface area contributed by atoms with E-state index in [1.54, 1.807) is 0 Å². The molecule has 2 N–H and O–H groups in total. The molecule has 0 radical (unpaired) electrons. The summed E-state index contributed by atoms with van der Waals surface area (Å²) < 4.78 is 26.4. The van der Waals surface area contributed by atoms with Crippen LogP contribution in [0.3, 0.4) is 0 Å². The van der Waals surface area contributed by atoms with Gasteiger partial charge in [0, 0.05) is 31.1 Å². The Hall–Kier alpha value is -2.02. The van der Waals surface area contributed by atoms with E-state index >= 15 is 0 Å². The van der Waals surface area contributed by atoms with Gasteiger partial charge in [0.05, 0.1) is 12.6 Å². The molecule has 5 nitrogen and oxygen atoms in total. The molecule has 0 aromatic heterocycles. The molecule has 0 spiro atoms. The maximum atomic E-state index is 13.6. The predicted octanol–water partition coefficient (Wildman–Crippen LogP) is 1.91. The van der Waals surface area contributed by atoms with Crippen molar-refractivity contribution in [2.75, 3.05) is 19.6 Å². The van der Waals surface area contributed by atoms with E-state index in [4.69, 9.17) is 0 Å². The number of amides is 2. The van der Waals surface area contributed by atoms with Crippen molar-refractivity contribution in [3.63, 3.8) is 0 Å². The summed E-state index contributed by atoms with van der Waals surface area (Å²) in [6.45, 7) is 0.266. The molecule has 1 aliphatic heterocycles. The van der Waals surface area contributed by atoms with E-state index in [9.17, 15) is 23.5 Å². The van der Waals surface area contributed by atoms with Crippen LogP contribution in [0.5, 0.6) is 0 Å². The lowest BCUT2D eigenvalue weighted by atomic mass is 10.1. The number of aliphatic hydroxyl groups is 1. The van der Waals surface area contributed by atoms with Gasteiger partial charge in [0.15, 0.2) is 0 Å². The summed E-state index contributed by atoms with van der Waals surface area (Å²) in [5.41, 5.74) is -0.0842. The molecule has 1 heterocycles. The van der Waals surface area contributed by atoms with E-state index < -0.39 is 23.6 Å².